The molecular weight excluding hydrogens is 516 g/mol. The predicted molar refractivity (Wildman–Crippen MR) is 154 cm³/mol. The van der Waals surface area contributed by atoms with E-state index in [4.69, 9.17) is 11.6 Å². The Morgan fingerprint density at radius 3 is 2.16 bits per heavy atom. The van der Waals surface area contributed by atoms with Crippen molar-refractivity contribution in [3.8, 4) is 0 Å². The Bertz CT molecular complexity index is 1500. The van der Waals surface area contributed by atoms with E-state index in [0.29, 0.717) is 16.3 Å². The highest BCUT2D eigenvalue weighted by Gasteiger charge is 2.26. The lowest BCUT2D eigenvalue weighted by molar-refractivity contribution is 0.0940. The number of benzene rings is 4. The molecule has 0 spiro atoms. The molecule has 4 aromatic rings. The normalized spacial score (nSPS) is 12.1. The van der Waals surface area contributed by atoms with Crippen molar-refractivity contribution in [2.24, 2.45) is 0 Å². The maximum absolute atomic E-state index is 13.7. The van der Waals surface area contributed by atoms with Gasteiger partial charge in [-0.25, -0.2) is 8.42 Å². The molecule has 0 radical (unpaired) electrons. The first-order valence-electron chi connectivity index (χ1n) is 12.5. The number of rotatable bonds is 9. The fourth-order valence-corrected chi connectivity index (χ4v) is 5.90. The van der Waals surface area contributed by atoms with Crippen molar-refractivity contribution >= 4 is 33.2 Å². The summed E-state index contributed by atoms with van der Waals surface area (Å²) in [4.78, 5) is 13.1. The number of nitrogens with one attached hydrogen (secondary N) is 1. The first kappa shape index (κ1) is 27.4. The van der Waals surface area contributed by atoms with Crippen LogP contribution in [-0.4, -0.2) is 14.3 Å². The molecular formula is C31H31ClN2O3S. The van der Waals surface area contributed by atoms with Crippen molar-refractivity contribution in [3.05, 3.63) is 130 Å². The highest BCUT2D eigenvalue weighted by Crippen LogP contribution is 2.31. The van der Waals surface area contributed by atoms with E-state index in [-0.39, 0.29) is 23.4 Å². The molecule has 7 heteroatoms. The molecule has 0 aliphatic carbocycles. The van der Waals surface area contributed by atoms with Crippen LogP contribution in [0.1, 0.15) is 52.5 Å². The predicted octanol–water partition coefficient (Wildman–Crippen LogP) is 7.10. The lowest BCUT2D eigenvalue weighted by Gasteiger charge is -2.26. The molecule has 0 saturated heterocycles. The number of carbonyl (C=O) groups is 1. The van der Waals surface area contributed by atoms with Crippen molar-refractivity contribution in [2.45, 2.75) is 44.7 Å². The van der Waals surface area contributed by atoms with Gasteiger partial charge in [0.2, 0.25) is 0 Å². The number of nitrogens with zero attached hydrogens (tertiary/aromatic N) is 1. The Labute approximate surface area is 230 Å². The molecule has 0 heterocycles. The van der Waals surface area contributed by atoms with Crippen LogP contribution in [0.2, 0.25) is 5.02 Å². The molecule has 5 nitrogen and oxygen atoms in total. The summed E-state index contributed by atoms with van der Waals surface area (Å²) >= 11 is 6.25. The number of carbonyl (C=O) groups excluding carboxylic acids is 1. The molecule has 1 N–H and O–H groups in total. The molecule has 0 saturated carbocycles. The number of aryl methyl sites for hydroxylation is 2. The average Bonchev–Trinajstić information content (AvgIpc) is 2.94. The fourth-order valence-electron chi connectivity index (χ4n) is 4.20. The van der Waals surface area contributed by atoms with Gasteiger partial charge in [0.25, 0.3) is 15.9 Å². The van der Waals surface area contributed by atoms with E-state index in [2.05, 4.69) is 24.4 Å². The van der Waals surface area contributed by atoms with Gasteiger partial charge in [0.15, 0.2) is 0 Å². The van der Waals surface area contributed by atoms with Gasteiger partial charge in [-0.15, -0.1) is 0 Å². The Balaban J connectivity index is 1.56. The lowest BCUT2D eigenvalue weighted by Crippen LogP contribution is -2.31. The highest BCUT2D eigenvalue weighted by molar-refractivity contribution is 7.92. The van der Waals surface area contributed by atoms with E-state index in [9.17, 15) is 13.2 Å². The second-order valence-electron chi connectivity index (χ2n) is 9.24. The van der Waals surface area contributed by atoms with E-state index >= 15 is 0 Å². The van der Waals surface area contributed by atoms with Crippen molar-refractivity contribution in [1.29, 1.82) is 0 Å². The van der Waals surface area contributed by atoms with Crippen LogP contribution in [0.5, 0.6) is 0 Å². The first-order chi connectivity index (χ1) is 18.2. The van der Waals surface area contributed by atoms with Gasteiger partial charge in [-0.05, 0) is 78.9 Å². The molecule has 4 aromatic carbocycles. The number of sulfonamides is 1. The van der Waals surface area contributed by atoms with E-state index in [1.807, 2.05) is 26.0 Å². The van der Waals surface area contributed by atoms with Crippen LogP contribution in [0.4, 0.5) is 5.69 Å². The largest absolute Gasteiger partial charge is 0.346 e. The smallest absolute Gasteiger partial charge is 0.264 e. The lowest BCUT2D eigenvalue weighted by atomic mass is 10.0. The number of hydrogen-bond donors (Lipinski definition) is 1. The van der Waals surface area contributed by atoms with Crippen molar-refractivity contribution in [2.75, 3.05) is 4.31 Å². The summed E-state index contributed by atoms with van der Waals surface area (Å²) in [6, 6.07) is 28.6. The number of amides is 1. The quantitative estimate of drug-likeness (QED) is 0.243. The number of hydrogen-bond acceptors (Lipinski definition) is 3. The maximum atomic E-state index is 13.7. The topological polar surface area (TPSA) is 66.5 Å². The molecule has 0 aromatic heterocycles. The van der Waals surface area contributed by atoms with Gasteiger partial charge >= 0.3 is 0 Å². The summed E-state index contributed by atoms with van der Waals surface area (Å²) in [5.74, 6) is -0.192. The van der Waals surface area contributed by atoms with Crippen molar-refractivity contribution in [1.82, 2.24) is 5.32 Å². The zero-order valence-electron chi connectivity index (χ0n) is 21.7. The Morgan fingerprint density at radius 1 is 0.895 bits per heavy atom. The molecule has 0 aliphatic heterocycles. The second-order valence-corrected chi connectivity index (χ2v) is 11.5. The van der Waals surface area contributed by atoms with Crippen LogP contribution < -0.4 is 9.62 Å². The first-order valence-corrected chi connectivity index (χ1v) is 14.3. The van der Waals surface area contributed by atoms with E-state index < -0.39 is 10.0 Å². The maximum Gasteiger partial charge on any atom is 0.264 e. The molecule has 0 fully saturated rings. The van der Waals surface area contributed by atoms with Gasteiger partial charge in [0.1, 0.15) is 0 Å². The zero-order chi connectivity index (χ0) is 27.3. The summed E-state index contributed by atoms with van der Waals surface area (Å²) in [6.07, 6.45) is 0.967. The van der Waals surface area contributed by atoms with Gasteiger partial charge in [0.05, 0.1) is 23.2 Å². The molecule has 1 amide bonds. The van der Waals surface area contributed by atoms with Crippen LogP contribution in [0.15, 0.2) is 102 Å². The van der Waals surface area contributed by atoms with Gasteiger partial charge < -0.3 is 5.32 Å². The number of halogens is 1. The molecule has 4 rings (SSSR count). The van der Waals surface area contributed by atoms with Crippen LogP contribution in [-0.2, 0) is 23.0 Å². The second kappa shape index (κ2) is 11.8. The third-order valence-corrected chi connectivity index (χ3v) is 8.56. The molecule has 0 aliphatic rings. The molecule has 0 unspecified atom stereocenters. The minimum Gasteiger partial charge on any atom is -0.346 e. The third kappa shape index (κ3) is 6.26. The molecule has 196 valence electrons. The SMILES string of the molecule is CCc1ccc([C@H](C)NC(=O)c2ccc(CN(c3cc(Cl)ccc3C)S(=O)(=O)c3ccccc3)cc2)cc1. The minimum absolute atomic E-state index is 0.0838. The van der Waals surface area contributed by atoms with Gasteiger partial charge in [-0.1, -0.05) is 79.2 Å². The Morgan fingerprint density at radius 2 is 1.53 bits per heavy atom. The van der Waals surface area contributed by atoms with Crippen molar-refractivity contribution < 1.29 is 13.2 Å². The van der Waals surface area contributed by atoms with Crippen LogP contribution in [0.25, 0.3) is 0 Å². The summed E-state index contributed by atoms with van der Waals surface area (Å²) in [7, 11) is -3.87. The van der Waals surface area contributed by atoms with E-state index in [0.717, 1.165) is 23.1 Å². The van der Waals surface area contributed by atoms with Gasteiger partial charge in [0, 0.05) is 10.6 Å². The Hall–Kier alpha value is -3.61. The average molecular weight is 547 g/mol. The standard InChI is InChI=1S/C31H31ClN2O3S/c1-4-24-11-15-26(16-12-24)23(3)33-31(35)27-17-13-25(14-18-27)21-34(30-20-28(32)19-10-22(30)2)38(36,37)29-8-6-5-7-9-29/h5-20,23H,4,21H2,1-3H3,(H,33,35)/t23-/m0/s1. The minimum atomic E-state index is -3.87. The number of anilines is 1. The monoisotopic (exact) mass is 546 g/mol. The molecule has 38 heavy (non-hydrogen) atoms. The van der Waals surface area contributed by atoms with Crippen molar-refractivity contribution in [3.63, 3.8) is 0 Å². The molecule has 0 bridgehead atoms. The summed E-state index contributed by atoms with van der Waals surface area (Å²) < 4.78 is 28.7. The van der Waals surface area contributed by atoms with Crippen LogP contribution in [0, 0.1) is 6.92 Å². The zero-order valence-corrected chi connectivity index (χ0v) is 23.3. The van der Waals surface area contributed by atoms with Crippen LogP contribution in [0.3, 0.4) is 0 Å². The van der Waals surface area contributed by atoms with E-state index in [1.165, 1.54) is 9.87 Å². The Kier molecular flexibility index (Phi) is 8.55. The highest BCUT2D eigenvalue weighted by atomic mass is 35.5. The van der Waals surface area contributed by atoms with Gasteiger partial charge in [-0.3, -0.25) is 9.10 Å². The summed E-state index contributed by atoms with van der Waals surface area (Å²) in [5, 5.41) is 3.48. The third-order valence-electron chi connectivity index (χ3n) is 6.55. The summed E-state index contributed by atoms with van der Waals surface area (Å²) in [6.45, 7) is 5.99. The van der Waals surface area contributed by atoms with Gasteiger partial charge in [-0.2, -0.15) is 0 Å². The van der Waals surface area contributed by atoms with E-state index in [1.54, 1.807) is 72.8 Å². The van der Waals surface area contributed by atoms with Crippen LogP contribution >= 0.6 is 11.6 Å². The molecule has 1 atom stereocenters. The fraction of sp³-hybridized carbons (Fsp3) is 0.194. The summed E-state index contributed by atoms with van der Waals surface area (Å²) in [5.41, 5.74) is 4.81.